The van der Waals surface area contributed by atoms with Crippen molar-refractivity contribution < 1.29 is 14.3 Å². The lowest BCUT2D eigenvalue weighted by atomic mass is 10.1. The van der Waals surface area contributed by atoms with Crippen LogP contribution in [0.1, 0.15) is 28.2 Å². The topological polar surface area (TPSA) is 60.5 Å². The maximum atomic E-state index is 12.5. The molecule has 3 heterocycles. The Balaban J connectivity index is 1.47. The van der Waals surface area contributed by atoms with Gasteiger partial charge in [-0.1, -0.05) is 12.1 Å². The van der Waals surface area contributed by atoms with Crippen LogP contribution in [0.25, 0.3) is 9.88 Å². The van der Waals surface area contributed by atoms with Crippen molar-refractivity contribution in [3.63, 3.8) is 0 Å². The first-order valence-electron chi connectivity index (χ1n) is 7.91. The number of nitrogens with one attached hydrogen (secondary N) is 1. The molecule has 1 aliphatic heterocycles. The maximum Gasteiger partial charge on any atom is 0.263 e. The number of thiazole rings is 1. The number of amides is 1. The van der Waals surface area contributed by atoms with Gasteiger partial charge in [-0.3, -0.25) is 4.79 Å². The molecule has 1 amide bonds. The number of aromatic nitrogens is 1. The van der Waals surface area contributed by atoms with E-state index in [0.717, 1.165) is 26.9 Å². The van der Waals surface area contributed by atoms with Gasteiger partial charge in [0.2, 0.25) is 0 Å². The summed E-state index contributed by atoms with van der Waals surface area (Å²) in [6, 6.07) is 9.59. The van der Waals surface area contributed by atoms with Crippen molar-refractivity contribution in [3.05, 3.63) is 52.3 Å². The molecule has 3 aromatic rings. The van der Waals surface area contributed by atoms with Crippen molar-refractivity contribution in [2.45, 2.75) is 13.0 Å². The van der Waals surface area contributed by atoms with Crippen LogP contribution < -0.4 is 14.8 Å². The van der Waals surface area contributed by atoms with Crippen LogP contribution in [0.4, 0.5) is 0 Å². The van der Waals surface area contributed by atoms with Crippen molar-refractivity contribution >= 4 is 28.6 Å². The molecule has 0 saturated carbocycles. The Bertz CT molecular complexity index is 890. The van der Waals surface area contributed by atoms with E-state index in [4.69, 9.17) is 9.47 Å². The van der Waals surface area contributed by atoms with Crippen LogP contribution in [-0.2, 0) is 0 Å². The highest BCUT2D eigenvalue weighted by molar-refractivity contribution is 7.21. The van der Waals surface area contributed by atoms with Crippen molar-refractivity contribution in [3.8, 4) is 21.4 Å². The molecular formula is C18H16N2O3S2. The summed E-state index contributed by atoms with van der Waals surface area (Å²) in [5.74, 6) is 1.35. The van der Waals surface area contributed by atoms with Gasteiger partial charge in [0.05, 0.1) is 17.1 Å². The van der Waals surface area contributed by atoms with Gasteiger partial charge in [0.15, 0.2) is 11.5 Å². The molecule has 5 nitrogen and oxygen atoms in total. The molecule has 4 rings (SSSR count). The van der Waals surface area contributed by atoms with E-state index in [1.165, 1.54) is 11.3 Å². The molecule has 1 aromatic carbocycles. The van der Waals surface area contributed by atoms with Crippen molar-refractivity contribution in [2.75, 3.05) is 13.2 Å². The average molecular weight is 372 g/mol. The number of fused-ring (bicyclic) bond motifs is 1. The normalized spacial score (nSPS) is 14.1. The first kappa shape index (κ1) is 16.1. The number of hydrogen-bond donors (Lipinski definition) is 1. The Kier molecular flexibility index (Phi) is 4.42. The summed E-state index contributed by atoms with van der Waals surface area (Å²) in [5.41, 5.74) is 0.973. The maximum absolute atomic E-state index is 12.5. The van der Waals surface area contributed by atoms with Crippen molar-refractivity contribution in [1.82, 2.24) is 10.3 Å². The molecule has 0 radical (unpaired) electrons. The van der Waals surface area contributed by atoms with Gasteiger partial charge in [0.25, 0.3) is 5.91 Å². The molecule has 25 heavy (non-hydrogen) atoms. The number of benzene rings is 1. The van der Waals surface area contributed by atoms with E-state index in [9.17, 15) is 4.79 Å². The minimum Gasteiger partial charge on any atom is -0.486 e. The molecule has 1 atom stereocenters. The van der Waals surface area contributed by atoms with Gasteiger partial charge in [0.1, 0.15) is 23.1 Å². The van der Waals surface area contributed by atoms with Gasteiger partial charge in [0, 0.05) is 0 Å². The predicted molar refractivity (Wildman–Crippen MR) is 98.7 cm³/mol. The highest BCUT2D eigenvalue weighted by Gasteiger charge is 2.18. The van der Waals surface area contributed by atoms with E-state index in [-0.39, 0.29) is 11.9 Å². The van der Waals surface area contributed by atoms with Crippen LogP contribution in [-0.4, -0.2) is 24.1 Å². The number of ether oxygens (including phenoxy) is 2. The second-order valence-electron chi connectivity index (χ2n) is 5.61. The Hall–Kier alpha value is -2.38. The first-order chi connectivity index (χ1) is 12.2. The van der Waals surface area contributed by atoms with E-state index in [1.54, 1.807) is 17.5 Å². The number of nitrogens with zero attached hydrogens (tertiary/aromatic N) is 1. The molecule has 1 N–H and O–H groups in total. The lowest BCUT2D eigenvalue weighted by Gasteiger charge is -2.21. The molecule has 0 aliphatic carbocycles. The number of rotatable bonds is 4. The molecule has 0 fully saturated rings. The summed E-state index contributed by atoms with van der Waals surface area (Å²) < 4.78 is 11.1. The van der Waals surface area contributed by atoms with Gasteiger partial charge in [-0.25, -0.2) is 4.98 Å². The monoisotopic (exact) mass is 372 g/mol. The highest BCUT2D eigenvalue weighted by atomic mass is 32.1. The third-order valence-electron chi connectivity index (χ3n) is 3.88. The standard InChI is InChI=1S/C18H16N2O3S2/c1-11(12-4-5-13-14(9-12)23-7-6-22-13)20-17(21)16-10-19-18(25-16)15-3-2-8-24-15/h2-5,8-11H,6-7H2,1H3,(H,20,21). The van der Waals surface area contributed by atoms with E-state index >= 15 is 0 Å². The fraction of sp³-hybridized carbons (Fsp3) is 0.222. The number of carbonyl (C=O) groups is 1. The van der Waals surface area contributed by atoms with Crippen LogP contribution in [0, 0.1) is 0 Å². The average Bonchev–Trinajstić information content (AvgIpc) is 3.32. The molecule has 0 bridgehead atoms. The molecule has 1 unspecified atom stereocenters. The van der Waals surface area contributed by atoms with Crippen LogP contribution in [0.15, 0.2) is 41.9 Å². The Labute approximate surface area is 153 Å². The van der Waals surface area contributed by atoms with Gasteiger partial charge < -0.3 is 14.8 Å². The summed E-state index contributed by atoms with van der Waals surface area (Å²) in [6.07, 6.45) is 1.63. The highest BCUT2D eigenvalue weighted by Crippen LogP contribution is 2.33. The Morgan fingerprint density at radius 1 is 1.24 bits per heavy atom. The Morgan fingerprint density at radius 2 is 2.08 bits per heavy atom. The molecular weight excluding hydrogens is 356 g/mol. The molecule has 2 aromatic heterocycles. The van der Waals surface area contributed by atoms with E-state index in [2.05, 4.69) is 10.3 Å². The SMILES string of the molecule is CC(NC(=O)c1cnc(-c2cccs2)s1)c1ccc2c(c1)OCCO2. The van der Waals surface area contributed by atoms with Gasteiger partial charge in [-0.05, 0) is 36.1 Å². The van der Waals surface area contributed by atoms with Crippen LogP contribution in [0.2, 0.25) is 0 Å². The zero-order valence-corrected chi connectivity index (χ0v) is 15.2. The van der Waals surface area contributed by atoms with Crippen LogP contribution in [0.3, 0.4) is 0 Å². The third kappa shape index (κ3) is 3.38. The first-order valence-corrected chi connectivity index (χ1v) is 9.60. The predicted octanol–water partition coefficient (Wildman–Crippen LogP) is 4.13. The second-order valence-corrected chi connectivity index (χ2v) is 7.58. The number of carbonyl (C=O) groups excluding carboxylic acids is 1. The summed E-state index contributed by atoms with van der Waals surface area (Å²) in [7, 11) is 0. The molecule has 0 spiro atoms. The van der Waals surface area contributed by atoms with Gasteiger partial charge >= 0.3 is 0 Å². The largest absolute Gasteiger partial charge is 0.486 e. The van der Waals surface area contributed by atoms with Crippen molar-refractivity contribution in [2.24, 2.45) is 0 Å². The van der Waals surface area contributed by atoms with Gasteiger partial charge in [-0.15, -0.1) is 22.7 Å². The summed E-state index contributed by atoms with van der Waals surface area (Å²) in [4.78, 5) is 18.5. The molecule has 0 saturated heterocycles. The van der Waals surface area contributed by atoms with Crippen molar-refractivity contribution in [1.29, 1.82) is 0 Å². The minimum atomic E-state index is -0.143. The Morgan fingerprint density at radius 3 is 2.88 bits per heavy atom. The lowest BCUT2D eigenvalue weighted by molar-refractivity contribution is 0.0943. The molecule has 7 heteroatoms. The number of thiophene rings is 1. The summed E-state index contributed by atoms with van der Waals surface area (Å²) >= 11 is 3.02. The zero-order valence-electron chi connectivity index (χ0n) is 13.5. The lowest BCUT2D eigenvalue weighted by Crippen LogP contribution is -2.26. The number of hydrogen-bond acceptors (Lipinski definition) is 6. The summed E-state index contributed by atoms with van der Waals surface area (Å²) in [6.45, 7) is 3.06. The summed E-state index contributed by atoms with van der Waals surface area (Å²) in [5, 5.41) is 5.88. The van der Waals surface area contributed by atoms with E-state index in [1.807, 2.05) is 42.6 Å². The smallest absolute Gasteiger partial charge is 0.263 e. The second kappa shape index (κ2) is 6.85. The quantitative estimate of drug-likeness (QED) is 0.748. The third-order valence-corrected chi connectivity index (χ3v) is 5.91. The van der Waals surface area contributed by atoms with Crippen LogP contribution >= 0.6 is 22.7 Å². The van der Waals surface area contributed by atoms with Crippen LogP contribution in [0.5, 0.6) is 11.5 Å². The van der Waals surface area contributed by atoms with E-state index in [0.29, 0.717) is 18.1 Å². The molecule has 128 valence electrons. The van der Waals surface area contributed by atoms with Gasteiger partial charge in [-0.2, -0.15) is 0 Å². The fourth-order valence-electron chi connectivity index (χ4n) is 2.57. The fourth-order valence-corrected chi connectivity index (χ4v) is 4.20. The minimum absolute atomic E-state index is 0.123. The zero-order chi connectivity index (χ0) is 17.2. The van der Waals surface area contributed by atoms with E-state index < -0.39 is 0 Å². The molecule has 1 aliphatic rings.